The molecule has 0 amide bonds. The summed E-state index contributed by atoms with van der Waals surface area (Å²) in [6, 6.07) is 4.35. The van der Waals surface area contributed by atoms with Gasteiger partial charge in [-0.05, 0) is 19.1 Å². The molecule has 7 nitrogen and oxygen atoms in total. The van der Waals surface area contributed by atoms with Crippen LogP contribution in [0.2, 0.25) is 0 Å². The zero-order valence-electron chi connectivity index (χ0n) is 16.2. The van der Waals surface area contributed by atoms with Crippen LogP contribution < -0.4 is 14.7 Å². The average molecular weight is 408 g/mol. The van der Waals surface area contributed by atoms with Gasteiger partial charge in [0.15, 0.2) is 0 Å². The minimum atomic E-state index is -4.42. The number of alkyl halides is 3. The summed E-state index contributed by atoms with van der Waals surface area (Å²) >= 11 is 0. The molecule has 2 fully saturated rings. The Balaban J connectivity index is 1.49. The van der Waals surface area contributed by atoms with Gasteiger partial charge in [0.05, 0.1) is 18.8 Å². The van der Waals surface area contributed by atoms with E-state index in [0.717, 1.165) is 30.8 Å². The number of nitrogens with zero attached hydrogens (tertiary/aromatic N) is 6. The van der Waals surface area contributed by atoms with Gasteiger partial charge in [-0.3, -0.25) is 0 Å². The lowest BCUT2D eigenvalue weighted by Gasteiger charge is -2.37. The summed E-state index contributed by atoms with van der Waals surface area (Å²) in [5, 5.41) is 0. The van der Waals surface area contributed by atoms with Gasteiger partial charge in [0.25, 0.3) is 0 Å². The molecule has 0 aliphatic carbocycles. The lowest BCUT2D eigenvalue weighted by atomic mass is 10.2. The van der Waals surface area contributed by atoms with Gasteiger partial charge in [0, 0.05) is 51.5 Å². The molecule has 0 spiro atoms. The maximum absolute atomic E-state index is 13.3. The highest BCUT2D eigenvalue weighted by molar-refractivity contribution is 5.54. The van der Waals surface area contributed by atoms with Crippen molar-refractivity contribution in [1.82, 2.24) is 15.0 Å². The van der Waals surface area contributed by atoms with Crippen molar-refractivity contribution in [3.63, 3.8) is 0 Å². The summed E-state index contributed by atoms with van der Waals surface area (Å²) < 4.78 is 45.3. The molecule has 2 saturated heterocycles. The van der Waals surface area contributed by atoms with Crippen LogP contribution in [-0.4, -0.2) is 67.4 Å². The van der Waals surface area contributed by atoms with Gasteiger partial charge in [-0.25, -0.2) is 15.0 Å². The number of rotatable bonds is 3. The maximum Gasteiger partial charge on any atom is 0.419 e. The van der Waals surface area contributed by atoms with Crippen LogP contribution in [0, 0.1) is 6.92 Å². The van der Waals surface area contributed by atoms with E-state index >= 15 is 0 Å². The highest BCUT2D eigenvalue weighted by Crippen LogP contribution is 2.35. The van der Waals surface area contributed by atoms with E-state index in [2.05, 4.69) is 24.8 Å². The zero-order chi connectivity index (χ0) is 20.4. The Morgan fingerprint density at radius 2 is 1.48 bits per heavy atom. The fourth-order valence-electron chi connectivity index (χ4n) is 3.67. The molecule has 0 radical (unpaired) electrons. The first-order valence-electron chi connectivity index (χ1n) is 9.62. The van der Waals surface area contributed by atoms with Crippen molar-refractivity contribution in [1.29, 1.82) is 0 Å². The molecule has 0 atom stereocenters. The van der Waals surface area contributed by atoms with Crippen LogP contribution in [0.3, 0.4) is 0 Å². The quantitative estimate of drug-likeness (QED) is 0.773. The van der Waals surface area contributed by atoms with E-state index in [0.29, 0.717) is 45.2 Å². The molecule has 0 N–H and O–H groups in total. The number of anilines is 3. The van der Waals surface area contributed by atoms with Crippen molar-refractivity contribution in [3.05, 3.63) is 35.8 Å². The molecule has 0 aromatic carbocycles. The normalized spacial score (nSPS) is 18.3. The molecule has 156 valence electrons. The maximum atomic E-state index is 13.3. The third-order valence-corrected chi connectivity index (χ3v) is 5.14. The molecule has 0 unspecified atom stereocenters. The number of aryl methyl sites for hydroxylation is 1. The molecule has 2 aromatic rings. The molecule has 2 aromatic heterocycles. The second-order valence-electron chi connectivity index (χ2n) is 7.08. The largest absolute Gasteiger partial charge is 0.419 e. The summed E-state index contributed by atoms with van der Waals surface area (Å²) in [7, 11) is 0. The zero-order valence-corrected chi connectivity index (χ0v) is 16.2. The van der Waals surface area contributed by atoms with E-state index in [1.807, 2.05) is 13.0 Å². The summed E-state index contributed by atoms with van der Waals surface area (Å²) in [6.07, 6.45) is -3.02. The lowest BCUT2D eigenvalue weighted by Crippen LogP contribution is -2.47. The monoisotopic (exact) mass is 408 g/mol. The Hall–Kier alpha value is -2.62. The van der Waals surface area contributed by atoms with Crippen LogP contribution >= 0.6 is 0 Å². The molecule has 4 heterocycles. The van der Waals surface area contributed by atoms with Crippen molar-refractivity contribution in [2.75, 3.05) is 67.2 Å². The van der Waals surface area contributed by atoms with Crippen LogP contribution in [0.15, 0.2) is 24.4 Å². The van der Waals surface area contributed by atoms with E-state index in [1.54, 1.807) is 4.90 Å². The minimum Gasteiger partial charge on any atom is -0.378 e. The number of pyridine rings is 1. The van der Waals surface area contributed by atoms with Crippen molar-refractivity contribution in [2.45, 2.75) is 13.1 Å². The Morgan fingerprint density at radius 1 is 0.897 bits per heavy atom. The van der Waals surface area contributed by atoms with Crippen LogP contribution in [0.5, 0.6) is 0 Å². The standard InChI is InChI=1S/C19H23F3N6O/c1-14-24-16(13-17(25-14)27-9-11-29-12-10-27)26-5-7-28(8-6-26)18-15(19(20,21)22)3-2-4-23-18/h2-4,13H,5-12H2,1H3. The van der Waals surface area contributed by atoms with Crippen molar-refractivity contribution in [3.8, 4) is 0 Å². The predicted molar refractivity (Wildman–Crippen MR) is 103 cm³/mol. The lowest BCUT2D eigenvalue weighted by molar-refractivity contribution is -0.137. The fourth-order valence-corrected chi connectivity index (χ4v) is 3.67. The number of morpholine rings is 1. The van der Waals surface area contributed by atoms with Crippen molar-refractivity contribution < 1.29 is 17.9 Å². The molecular formula is C19H23F3N6O. The summed E-state index contributed by atoms with van der Waals surface area (Å²) in [5.41, 5.74) is -0.694. The van der Waals surface area contributed by atoms with Gasteiger partial charge in [-0.2, -0.15) is 13.2 Å². The Labute approximate surface area is 167 Å². The molecule has 2 aliphatic heterocycles. The molecule has 0 bridgehead atoms. The summed E-state index contributed by atoms with van der Waals surface area (Å²) in [4.78, 5) is 19.0. The number of hydrogen-bond acceptors (Lipinski definition) is 7. The van der Waals surface area contributed by atoms with E-state index < -0.39 is 11.7 Å². The van der Waals surface area contributed by atoms with Gasteiger partial charge in [-0.15, -0.1) is 0 Å². The van der Waals surface area contributed by atoms with E-state index in [9.17, 15) is 13.2 Å². The third-order valence-electron chi connectivity index (χ3n) is 5.14. The highest BCUT2D eigenvalue weighted by atomic mass is 19.4. The minimum absolute atomic E-state index is 0.00692. The number of ether oxygens (including phenoxy) is 1. The number of hydrogen-bond donors (Lipinski definition) is 0. The molecule has 4 rings (SSSR count). The van der Waals surface area contributed by atoms with Crippen LogP contribution in [0.4, 0.5) is 30.6 Å². The first kappa shape index (κ1) is 19.7. The van der Waals surface area contributed by atoms with Crippen LogP contribution in [0.1, 0.15) is 11.4 Å². The molecular weight excluding hydrogens is 385 g/mol. The Morgan fingerprint density at radius 3 is 2.10 bits per heavy atom. The second kappa shape index (κ2) is 8.02. The van der Waals surface area contributed by atoms with Crippen molar-refractivity contribution in [2.24, 2.45) is 0 Å². The van der Waals surface area contributed by atoms with Gasteiger partial charge >= 0.3 is 6.18 Å². The van der Waals surface area contributed by atoms with E-state index in [-0.39, 0.29) is 5.82 Å². The summed E-state index contributed by atoms with van der Waals surface area (Å²) in [6.45, 7) is 6.76. The third kappa shape index (κ3) is 4.36. The van der Waals surface area contributed by atoms with Gasteiger partial charge in [-0.1, -0.05) is 0 Å². The van der Waals surface area contributed by atoms with E-state index in [1.165, 1.54) is 12.3 Å². The molecule has 10 heteroatoms. The molecule has 29 heavy (non-hydrogen) atoms. The fraction of sp³-hybridized carbons (Fsp3) is 0.526. The van der Waals surface area contributed by atoms with Gasteiger partial charge < -0.3 is 19.4 Å². The number of halogens is 3. The molecule has 0 saturated carbocycles. The second-order valence-corrected chi connectivity index (χ2v) is 7.08. The summed E-state index contributed by atoms with van der Waals surface area (Å²) in [5.74, 6) is 2.33. The van der Waals surface area contributed by atoms with Crippen LogP contribution in [0.25, 0.3) is 0 Å². The highest BCUT2D eigenvalue weighted by Gasteiger charge is 2.36. The Kier molecular flexibility index (Phi) is 5.44. The van der Waals surface area contributed by atoms with Crippen molar-refractivity contribution >= 4 is 17.5 Å². The molecule has 2 aliphatic rings. The Bertz CT molecular complexity index is 848. The first-order chi connectivity index (χ1) is 13.9. The first-order valence-corrected chi connectivity index (χ1v) is 9.62. The van der Waals surface area contributed by atoms with E-state index in [4.69, 9.17) is 4.74 Å². The smallest absolute Gasteiger partial charge is 0.378 e. The SMILES string of the molecule is Cc1nc(N2CCOCC2)cc(N2CCN(c3ncccc3C(F)(F)F)CC2)n1. The predicted octanol–water partition coefficient (Wildman–Crippen LogP) is 2.36. The number of aromatic nitrogens is 3. The van der Waals surface area contributed by atoms with Crippen LogP contribution in [-0.2, 0) is 10.9 Å². The van der Waals surface area contributed by atoms with Gasteiger partial charge in [0.2, 0.25) is 0 Å². The average Bonchev–Trinajstić information content (AvgIpc) is 2.73. The van der Waals surface area contributed by atoms with Gasteiger partial charge in [0.1, 0.15) is 23.3 Å². The topological polar surface area (TPSA) is 57.6 Å². The number of piperazine rings is 1.